The predicted octanol–water partition coefficient (Wildman–Crippen LogP) is 3.81. The van der Waals surface area contributed by atoms with E-state index < -0.39 is 0 Å². The maximum atomic E-state index is 12.1. The van der Waals surface area contributed by atoms with Crippen LogP contribution in [-0.4, -0.2) is 43.5 Å². The molecule has 0 fully saturated rings. The quantitative estimate of drug-likeness (QED) is 0.341. The van der Waals surface area contributed by atoms with Crippen LogP contribution >= 0.6 is 0 Å². The molecule has 0 aliphatic carbocycles. The second-order valence-electron chi connectivity index (χ2n) is 8.04. The molecule has 0 aromatic carbocycles. The molecule has 1 atom stereocenters. The SMILES string of the molecule is CCOC(=O)CCCCCCC(NCCC(=O)CC(C)(C)C)C(=O)OCC. The molecule has 0 bridgehead atoms. The largest absolute Gasteiger partial charge is 0.466 e. The van der Waals surface area contributed by atoms with E-state index in [1.807, 2.05) is 20.8 Å². The van der Waals surface area contributed by atoms with Crippen LogP contribution in [0.5, 0.6) is 0 Å². The Morgan fingerprint density at radius 1 is 0.889 bits per heavy atom. The van der Waals surface area contributed by atoms with Crippen molar-refractivity contribution in [3.05, 3.63) is 0 Å². The van der Waals surface area contributed by atoms with E-state index in [1.165, 1.54) is 0 Å². The second-order valence-corrected chi connectivity index (χ2v) is 8.04. The molecule has 0 saturated heterocycles. The lowest BCUT2D eigenvalue weighted by Crippen LogP contribution is -2.39. The highest BCUT2D eigenvalue weighted by Crippen LogP contribution is 2.19. The van der Waals surface area contributed by atoms with E-state index in [9.17, 15) is 14.4 Å². The van der Waals surface area contributed by atoms with Gasteiger partial charge in [-0.2, -0.15) is 0 Å². The van der Waals surface area contributed by atoms with Gasteiger partial charge in [-0.15, -0.1) is 0 Å². The minimum Gasteiger partial charge on any atom is -0.466 e. The van der Waals surface area contributed by atoms with Gasteiger partial charge in [-0.1, -0.05) is 40.0 Å². The van der Waals surface area contributed by atoms with Crippen LogP contribution in [0.4, 0.5) is 0 Å². The Kier molecular flexibility index (Phi) is 13.8. The van der Waals surface area contributed by atoms with Gasteiger partial charge in [0.1, 0.15) is 11.8 Å². The molecular weight excluding hydrogens is 346 g/mol. The Bertz CT molecular complexity index is 442. The number of rotatable bonds is 15. The molecule has 0 aromatic heterocycles. The summed E-state index contributed by atoms with van der Waals surface area (Å²) in [5.41, 5.74) is -0.0127. The number of Topliss-reactive ketones (excluding diaryl/α,β-unsaturated/α-hetero) is 1. The first kappa shape index (κ1) is 25.6. The van der Waals surface area contributed by atoms with Crippen LogP contribution in [0.15, 0.2) is 0 Å². The van der Waals surface area contributed by atoms with Gasteiger partial charge < -0.3 is 14.8 Å². The van der Waals surface area contributed by atoms with E-state index in [0.29, 0.717) is 45.4 Å². The Morgan fingerprint density at radius 3 is 2.11 bits per heavy atom. The average molecular weight is 386 g/mol. The van der Waals surface area contributed by atoms with Crippen molar-refractivity contribution in [2.24, 2.45) is 5.41 Å². The fourth-order valence-electron chi connectivity index (χ4n) is 2.82. The highest BCUT2D eigenvalue weighted by atomic mass is 16.5. The Balaban J connectivity index is 4.13. The smallest absolute Gasteiger partial charge is 0.323 e. The highest BCUT2D eigenvalue weighted by molar-refractivity contribution is 5.79. The van der Waals surface area contributed by atoms with Crippen molar-refractivity contribution >= 4 is 17.7 Å². The summed E-state index contributed by atoms with van der Waals surface area (Å²) < 4.78 is 10.0. The van der Waals surface area contributed by atoms with Crippen molar-refractivity contribution in [2.45, 2.75) is 92.0 Å². The summed E-state index contributed by atoms with van der Waals surface area (Å²) >= 11 is 0. The van der Waals surface area contributed by atoms with Gasteiger partial charge in [0.15, 0.2) is 0 Å². The van der Waals surface area contributed by atoms with Gasteiger partial charge in [0.2, 0.25) is 0 Å². The van der Waals surface area contributed by atoms with Crippen molar-refractivity contribution < 1.29 is 23.9 Å². The lowest BCUT2D eigenvalue weighted by Gasteiger charge is -2.19. The van der Waals surface area contributed by atoms with Gasteiger partial charge in [0, 0.05) is 25.8 Å². The molecule has 1 unspecified atom stereocenters. The van der Waals surface area contributed by atoms with E-state index >= 15 is 0 Å². The molecule has 27 heavy (non-hydrogen) atoms. The number of unbranched alkanes of at least 4 members (excludes halogenated alkanes) is 3. The molecule has 0 amide bonds. The number of hydrogen-bond donors (Lipinski definition) is 1. The third-order valence-corrected chi connectivity index (χ3v) is 4.02. The van der Waals surface area contributed by atoms with Crippen LogP contribution in [0.1, 0.15) is 86.0 Å². The van der Waals surface area contributed by atoms with Gasteiger partial charge >= 0.3 is 11.9 Å². The van der Waals surface area contributed by atoms with Crippen LogP contribution in [0.2, 0.25) is 0 Å². The number of hydrogen-bond acceptors (Lipinski definition) is 6. The maximum Gasteiger partial charge on any atom is 0.323 e. The van der Waals surface area contributed by atoms with E-state index in [0.717, 1.165) is 25.7 Å². The van der Waals surface area contributed by atoms with Crippen LogP contribution < -0.4 is 5.32 Å². The number of carbonyl (C=O) groups excluding carboxylic acids is 3. The molecule has 0 saturated carbocycles. The Labute approximate surface area is 164 Å². The minimum absolute atomic E-state index is 0.0127. The van der Waals surface area contributed by atoms with E-state index in [4.69, 9.17) is 9.47 Å². The van der Waals surface area contributed by atoms with Crippen LogP contribution in [0.25, 0.3) is 0 Å². The van der Waals surface area contributed by atoms with Gasteiger partial charge in [0.25, 0.3) is 0 Å². The van der Waals surface area contributed by atoms with Crippen molar-refractivity contribution in [3.8, 4) is 0 Å². The monoisotopic (exact) mass is 385 g/mol. The summed E-state index contributed by atoms with van der Waals surface area (Å²) in [5, 5.41) is 3.18. The van der Waals surface area contributed by atoms with Gasteiger partial charge in [0.05, 0.1) is 13.2 Å². The number of esters is 2. The zero-order valence-corrected chi connectivity index (χ0v) is 17.9. The van der Waals surface area contributed by atoms with Gasteiger partial charge in [-0.25, -0.2) is 0 Å². The zero-order valence-electron chi connectivity index (χ0n) is 17.9. The van der Waals surface area contributed by atoms with Crippen molar-refractivity contribution in [3.63, 3.8) is 0 Å². The van der Waals surface area contributed by atoms with Crippen molar-refractivity contribution in [1.82, 2.24) is 5.32 Å². The second kappa shape index (κ2) is 14.6. The molecule has 0 radical (unpaired) electrons. The third kappa shape index (κ3) is 15.3. The van der Waals surface area contributed by atoms with E-state index in [1.54, 1.807) is 13.8 Å². The fraction of sp³-hybridized carbons (Fsp3) is 0.857. The summed E-state index contributed by atoms with van der Waals surface area (Å²) in [5.74, 6) is -0.202. The molecule has 6 nitrogen and oxygen atoms in total. The fourth-order valence-corrected chi connectivity index (χ4v) is 2.82. The summed E-state index contributed by atoms with van der Waals surface area (Å²) in [6.45, 7) is 11.0. The lowest BCUT2D eigenvalue weighted by molar-refractivity contribution is -0.146. The molecule has 0 rings (SSSR count). The maximum absolute atomic E-state index is 12.1. The third-order valence-electron chi connectivity index (χ3n) is 4.02. The van der Waals surface area contributed by atoms with Crippen molar-refractivity contribution in [2.75, 3.05) is 19.8 Å². The summed E-state index contributed by atoms with van der Waals surface area (Å²) in [6, 6.07) is -0.377. The number of nitrogens with one attached hydrogen (secondary N) is 1. The first-order valence-corrected chi connectivity index (χ1v) is 10.3. The average Bonchev–Trinajstić information content (AvgIpc) is 2.55. The molecule has 0 heterocycles. The molecule has 6 heteroatoms. The van der Waals surface area contributed by atoms with Crippen LogP contribution in [0.3, 0.4) is 0 Å². The van der Waals surface area contributed by atoms with E-state index in [-0.39, 0.29) is 29.2 Å². The van der Waals surface area contributed by atoms with E-state index in [2.05, 4.69) is 5.32 Å². The molecule has 0 aliphatic heterocycles. The molecule has 1 N–H and O–H groups in total. The van der Waals surface area contributed by atoms with Gasteiger partial charge in [-0.3, -0.25) is 14.4 Å². The minimum atomic E-state index is -0.377. The first-order chi connectivity index (χ1) is 12.7. The molecule has 0 spiro atoms. The lowest BCUT2D eigenvalue weighted by atomic mass is 9.89. The number of ketones is 1. The topological polar surface area (TPSA) is 81.7 Å². The normalized spacial score (nSPS) is 12.5. The molecule has 158 valence electrons. The number of ether oxygens (including phenoxy) is 2. The van der Waals surface area contributed by atoms with Gasteiger partial charge in [-0.05, 0) is 32.1 Å². The van der Waals surface area contributed by atoms with Crippen LogP contribution in [-0.2, 0) is 23.9 Å². The Morgan fingerprint density at radius 2 is 1.52 bits per heavy atom. The standard InChI is InChI=1S/C21H39NO5/c1-6-26-19(24)13-11-9-8-10-12-18(20(25)27-7-2)22-15-14-17(23)16-21(3,4)5/h18,22H,6-16H2,1-5H3. The van der Waals surface area contributed by atoms with Crippen LogP contribution in [0, 0.1) is 5.41 Å². The summed E-state index contributed by atoms with van der Waals surface area (Å²) in [4.78, 5) is 35.4. The predicted molar refractivity (Wildman–Crippen MR) is 106 cm³/mol. The summed E-state index contributed by atoms with van der Waals surface area (Å²) in [6.07, 6.45) is 5.63. The molecule has 0 aliphatic rings. The highest BCUT2D eigenvalue weighted by Gasteiger charge is 2.20. The van der Waals surface area contributed by atoms with Crippen molar-refractivity contribution in [1.29, 1.82) is 0 Å². The molecular formula is C21H39NO5. The Hall–Kier alpha value is -1.43. The molecule has 0 aromatic rings. The summed E-state index contributed by atoms with van der Waals surface area (Å²) in [7, 11) is 0. The zero-order chi connectivity index (χ0) is 20.7. The first-order valence-electron chi connectivity index (χ1n) is 10.3. The number of carbonyl (C=O) groups is 3.